The minimum Gasteiger partial charge on any atom is -0.494 e. The molecule has 0 bridgehead atoms. The molecule has 0 atom stereocenters. The summed E-state index contributed by atoms with van der Waals surface area (Å²) in [4.78, 5) is 0. The smallest absolute Gasteiger partial charge is 0.118 e. The Hall–Kier alpha value is -0.980. The molecule has 10 heavy (non-hydrogen) atoms. The van der Waals surface area contributed by atoms with E-state index >= 15 is 0 Å². The lowest BCUT2D eigenvalue weighted by atomic mass is 10.4. The molecule has 0 amide bonds. The van der Waals surface area contributed by atoms with Gasteiger partial charge in [-0.15, -0.1) is 0 Å². The van der Waals surface area contributed by atoms with Crippen LogP contribution in [0.25, 0.3) is 0 Å². The van der Waals surface area contributed by atoms with Crippen molar-refractivity contribution in [1.29, 1.82) is 0 Å². The highest BCUT2D eigenvalue weighted by molar-refractivity contribution is 5.15. The first-order chi connectivity index (χ1) is 4.85. The number of hydrogen-bond acceptors (Lipinski definition) is 1. The van der Waals surface area contributed by atoms with Gasteiger partial charge in [0, 0.05) is 0 Å². The molecule has 0 spiro atoms. The number of rotatable bonds is 4. The highest BCUT2D eigenvalue weighted by Gasteiger charge is 1.83. The molecule has 1 nitrogen and oxygen atoms in total. The van der Waals surface area contributed by atoms with Gasteiger partial charge in [0.15, 0.2) is 0 Å². The third-order valence-corrected chi connectivity index (χ3v) is 0.965. The second-order valence-electron chi connectivity index (χ2n) is 1.73. The first kappa shape index (κ1) is 9.02. The van der Waals surface area contributed by atoms with Crippen LogP contribution in [0.3, 0.4) is 0 Å². The fourth-order valence-electron chi connectivity index (χ4n) is 0.533. The normalized spacial score (nSPS) is 12.0. The van der Waals surface area contributed by atoms with Crippen molar-refractivity contribution in [3.63, 3.8) is 0 Å². The molecule has 1 heteroatoms. The van der Waals surface area contributed by atoms with Gasteiger partial charge < -0.3 is 4.74 Å². The van der Waals surface area contributed by atoms with Gasteiger partial charge in [0.2, 0.25) is 0 Å². The van der Waals surface area contributed by atoms with Crippen LogP contribution in [-0.4, -0.2) is 6.61 Å². The van der Waals surface area contributed by atoms with E-state index in [9.17, 15) is 0 Å². The molecule has 0 unspecified atom stereocenters. The van der Waals surface area contributed by atoms with Crippen molar-refractivity contribution in [2.24, 2.45) is 0 Å². The molecule has 0 fully saturated rings. The fraction of sp³-hybridized carbons (Fsp3) is 0.333. The Balaban J connectivity index is 3.90. The molecule has 0 rings (SSSR count). The molecule has 56 valence electrons. The standard InChI is InChI=1S/C9H14O/c1-4-7-8-9(5-2)10-6-3/h4-5,7-8H,2,6H2,1,3H3/b7-4-,9-8+. The highest BCUT2D eigenvalue weighted by Crippen LogP contribution is 1.97. The van der Waals surface area contributed by atoms with Gasteiger partial charge in [-0.05, 0) is 26.0 Å². The molecule has 0 aromatic heterocycles. The Kier molecular flexibility index (Phi) is 5.54. The maximum Gasteiger partial charge on any atom is 0.118 e. The van der Waals surface area contributed by atoms with Gasteiger partial charge in [-0.2, -0.15) is 0 Å². The third-order valence-electron chi connectivity index (χ3n) is 0.965. The quantitative estimate of drug-likeness (QED) is 0.428. The molecule has 0 aliphatic carbocycles. The van der Waals surface area contributed by atoms with Crippen molar-refractivity contribution in [2.45, 2.75) is 13.8 Å². The van der Waals surface area contributed by atoms with E-state index in [2.05, 4.69) is 6.58 Å². The predicted molar refractivity (Wildman–Crippen MR) is 44.7 cm³/mol. The Bertz CT molecular complexity index is 143. The highest BCUT2D eigenvalue weighted by atomic mass is 16.5. The molecule has 0 aliphatic heterocycles. The van der Waals surface area contributed by atoms with Crippen molar-refractivity contribution >= 4 is 0 Å². The van der Waals surface area contributed by atoms with Crippen LogP contribution in [0.5, 0.6) is 0 Å². The van der Waals surface area contributed by atoms with Gasteiger partial charge in [0.1, 0.15) is 5.76 Å². The summed E-state index contributed by atoms with van der Waals surface area (Å²) in [5, 5.41) is 0. The summed E-state index contributed by atoms with van der Waals surface area (Å²) in [6, 6.07) is 0. The zero-order valence-corrected chi connectivity index (χ0v) is 6.63. The Morgan fingerprint density at radius 2 is 2.30 bits per heavy atom. The van der Waals surface area contributed by atoms with Gasteiger partial charge >= 0.3 is 0 Å². The lowest BCUT2D eigenvalue weighted by Crippen LogP contribution is -1.85. The SMILES string of the molecule is C=C/C(=C\C=C/C)OCC. The average Bonchev–Trinajstić information content (AvgIpc) is 1.98. The summed E-state index contributed by atoms with van der Waals surface area (Å²) in [5.74, 6) is 0.820. The minimum absolute atomic E-state index is 0.690. The monoisotopic (exact) mass is 138 g/mol. The van der Waals surface area contributed by atoms with E-state index in [0.29, 0.717) is 6.61 Å². The lowest BCUT2D eigenvalue weighted by Gasteiger charge is -1.99. The largest absolute Gasteiger partial charge is 0.494 e. The molecule has 0 heterocycles. The van der Waals surface area contributed by atoms with E-state index in [0.717, 1.165) is 5.76 Å². The van der Waals surface area contributed by atoms with Gasteiger partial charge in [-0.25, -0.2) is 0 Å². The molecule has 0 aliphatic rings. The van der Waals surface area contributed by atoms with E-state index in [1.54, 1.807) is 6.08 Å². The fourth-order valence-corrected chi connectivity index (χ4v) is 0.533. The van der Waals surface area contributed by atoms with E-state index in [1.165, 1.54) is 0 Å². The molecule has 0 aromatic carbocycles. The van der Waals surface area contributed by atoms with E-state index in [1.807, 2.05) is 32.1 Å². The van der Waals surface area contributed by atoms with Gasteiger partial charge in [-0.1, -0.05) is 18.7 Å². The summed E-state index contributed by atoms with van der Waals surface area (Å²) >= 11 is 0. The predicted octanol–water partition coefficient (Wildman–Crippen LogP) is 2.67. The topological polar surface area (TPSA) is 9.23 Å². The molecule has 0 aromatic rings. The molecule has 0 saturated carbocycles. The second-order valence-corrected chi connectivity index (χ2v) is 1.73. The van der Waals surface area contributed by atoms with Gasteiger partial charge in [-0.3, -0.25) is 0 Å². The van der Waals surface area contributed by atoms with Crippen LogP contribution in [-0.2, 0) is 4.74 Å². The molecular weight excluding hydrogens is 124 g/mol. The van der Waals surface area contributed by atoms with Crippen molar-refractivity contribution in [3.05, 3.63) is 36.6 Å². The van der Waals surface area contributed by atoms with Crippen LogP contribution in [0.4, 0.5) is 0 Å². The molecular formula is C9H14O. The van der Waals surface area contributed by atoms with Crippen molar-refractivity contribution in [2.75, 3.05) is 6.61 Å². The Labute approximate surface area is 62.7 Å². The Morgan fingerprint density at radius 1 is 1.60 bits per heavy atom. The summed E-state index contributed by atoms with van der Waals surface area (Å²) < 4.78 is 5.18. The minimum atomic E-state index is 0.690. The van der Waals surface area contributed by atoms with Crippen molar-refractivity contribution in [3.8, 4) is 0 Å². The zero-order valence-electron chi connectivity index (χ0n) is 6.63. The average molecular weight is 138 g/mol. The number of ether oxygens (including phenoxy) is 1. The molecule has 0 radical (unpaired) electrons. The van der Waals surface area contributed by atoms with Crippen LogP contribution in [0.1, 0.15) is 13.8 Å². The van der Waals surface area contributed by atoms with Crippen LogP contribution in [0, 0.1) is 0 Å². The summed E-state index contributed by atoms with van der Waals surface area (Å²) in [7, 11) is 0. The van der Waals surface area contributed by atoms with Crippen LogP contribution < -0.4 is 0 Å². The second kappa shape index (κ2) is 6.14. The maximum absolute atomic E-state index is 5.18. The third kappa shape index (κ3) is 3.96. The van der Waals surface area contributed by atoms with Gasteiger partial charge in [0.05, 0.1) is 6.61 Å². The summed E-state index contributed by atoms with van der Waals surface area (Å²) in [6.07, 6.45) is 7.45. The molecule has 0 saturated heterocycles. The van der Waals surface area contributed by atoms with Crippen molar-refractivity contribution in [1.82, 2.24) is 0 Å². The maximum atomic E-state index is 5.18. The lowest BCUT2D eigenvalue weighted by molar-refractivity contribution is 0.243. The molecule has 0 N–H and O–H groups in total. The van der Waals surface area contributed by atoms with Crippen LogP contribution in [0.15, 0.2) is 36.6 Å². The first-order valence-electron chi connectivity index (χ1n) is 3.43. The zero-order chi connectivity index (χ0) is 7.82. The summed E-state index contributed by atoms with van der Waals surface area (Å²) in [6.45, 7) is 8.21. The Morgan fingerprint density at radius 3 is 2.70 bits per heavy atom. The number of allylic oxidation sites excluding steroid dienone is 4. The first-order valence-corrected chi connectivity index (χ1v) is 3.43. The van der Waals surface area contributed by atoms with Crippen molar-refractivity contribution < 1.29 is 4.74 Å². The van der Waals surface area contributed by atoms with Crippen LogP contribution >= 0.6 is 0 Å². The summed E-state index contributed by atoms with van der Waals surface area (Å²) in [5.41, 5.74) is 0. The van der Waals surface area contributed by atoms with E-state index in [4.69, 9.17) is 4.74 Å². The van der Waals surface area contributed by atoms with Gasteiger partial charge in [0.25, 0.3) is 0 Å². The van der Waals surface area contributed by atoms with E-state index in [-0.39, 0.29) is 0 Å². The van der Waals surface area contributed by atoms with E-state index < -0.39 is 0 Å². The van der Waals surface area contributed by atoms with Crippen LogP contribution in [0.2, 0.25) is 0 Å². The number of hydrogen-bond donors (Lipinski definition) is 0.